The molecule has 0 saturated carbocycles. The Morgan fingerprint density at radius 3 is 1.92 bits per heavy atom. The molecule has 0 bridgehead atoms. The summed E-state index contributed by atoms with van der Waals surface area (Å²) in [6.07, 6.45) is 1.55. The van der Waals surface area contributed by atoms with Crippen LogP contribution in [0, 0.1) is 0 Å². The second-order valence-corrected chi connectivity index (χ2v) is 8.42. The highest BCUT2D eigenvalue weighted by atomic mass is 16.5. The molecule has 39 heavy (non-hydrogen) atoms. The lowest BCUT2D eigenvalue weighted by atomic mass is 10.0. The van der Waals surface area contributed by atoms with Crippen molar-refractivity contribution in [3.05, 3.63) is 96.7 Å². The van der Waals surface area contributed by atoms with Gasteiger partial charge in [-0.3, -0.25) is 4.79 Å². The topological polar surface area (TPSA) is 113 Å². The summed E-state index contributed by atoms with van der Waals surface area (Å²) in [5.41, 5.74) is 4.36. The predicted octanol–water partition coefficient (Wildman–Crippen LogP) is 5.17. The molecule has 1 N–H and O–H groups in total. The monoisotopic (exact) mass is 520 g/mol. The minimum Gasteiger partial charge on any atom is -0.497 e. The van der Waals surface area contributed by atoms with Gasteiger partial charge in [0, 0.05) is 17.3 Å². The molecule has 0 aliphatic rings. The SMILES string of the molecule is COc1ccc(-c2nc3ccc(C(=O)OCC(=O)Nc4ccccn4)cc3nc2-c2ccc(OC)cc2)cc1. The van der Waals surface area contributed by atoms with E-state index in [1.165, 1.54) is 0 Å². The van der Waals surface area contributed by atoms with E-state index in [-0.39, 0.29) is 5.56 Å². The molecule has 0 atom stereocenters. The number of hydrogen-bond acceptors (Lipinski definition) is 8. The minimum atomic E-state index is -0.653. The lowest BCUT2D eigenvalue weighted by molar-refractivity contribution is -0.119. The second-order valence-electron chi connectivity index (χ2n) is 8.42. The fourth-order valence-corrected chi connectivity index (χ4v) is 3.91. The summed E-state index contributed by atoms with van der Waals surface area (Å²) >= 11 is 0. The number of aromatic nitrogens is 3. The van der Waals surface area contributed by atoms with Gasteiger partial charge in [-0.1, -0.05) is 6.07 Å². The highest BCUT2D eigenvalue weighted by molar-refractivity contribution is 5.97. The molecule has 3 aromatic carbocycles. The zero-order valence-electron chi connectivity index (χ0n) is 21.3. The smallest absolute Gasteiger partial charge is 0.338 e. The molecule has 0 fully saturated rings. The number of anilines is 1. The van der Waals surface area contributed by atoms with E-state index in [1.807, 2.05) is 48.5 Å². The van der Waals surface area contributed by atoms with E-state index in [2.05, 4.69) is 10.3 Å². The van der Waals surface area contributed by atoms with Crippen LogP contribution < -0.4 is 14.8 Å². The quantitative estimate of drug-likeness (QED) is 0.279. The zero-order chi connectivity index (χ0) is 27.2. The molecule has 2 aromatic heterocycles. The van der Waals surface area contributed by atoms with Crippen molar-refractivity contribution in [3.8, 4) is 34.0 Å². The van der Waals surface area contributed by atoms with E-state index in [0.29, 0.717) is 28.2 Å². The van der Waals surface area contributed by atoms with Gasteiger partial charge in [0.1, 0.15) is 17.3 Å². The minimum absolute atomic E-state index is 0.250. The van der Waals surface area contributed by atoms with Crippen LogP contribution in [0.5, 0.6) is 11.5 Å². The molecule has 194 valence electrons. The van der Waals surface area contributed by atoms with Gasteiger partial charge in [-0.05, 0) is 78.9 Å². The largest absolute Gasteiger partial charge is 0.497 e. The van der Waals surface area contributed by atoms with Crippen LogP contribution in [0.1, 0.15) is 10.4 Å². The van der Waals surface area contributed by atoms with Crippen LogP contribution in [0.2, 0.25) is 0 Å². The van der Waals surface area contributed by atoms with Gasteiger partial charge in [-0.25, -0.2) is 19.7 Å². The predicted molar refractivity (Wildman–Crippen MR) is 147 cm³/mol. The van der Waals surface area contributed by atoms with E-state index in [9.17, 15) is 9.59 Å². The summed E-state index contributed by atoms with van der Waals surface area (Å²) in [6, 6.07) is 25.1. The van der Waals surface area contributed by atoms with Crippen molar-refractivity contribution in [1.82, 2.24) is 15.0 Å². The molecule has 0 spiro atoms. The number of fused-ring (bicyclic) bond motifs is 1. The number of carbonyl (C=O) groups excluding carboxylic acids is 2. The zero-order valence-corrected chi connectivity index (χ0v) is 21.3. The Morgan fingerprint density at radius 1 is 0.744 bits per heavy atom. The van der Waals surface area contributed by atoms with Gasteiger partial charge in [0.25, 0.3) is 5.91 Å². The van der Waals surface area contributed by atoms with Crippen molar-refractivity contribution in [1.29, 1.82) is 0 Å². The third-order valence-electron chi connectivity index (χ3n) is 5.89. The number of pyridine rings is 1. The summed E-state index contributed by atoms with van der Waals surface area (Å²) < 4.78 is 15.8. The number of nitrogens with one attached hydrogen (secondary N) is 1. The van der Waals surface area contributed by atoms with Crippen molar-refractivity contribution in [2.45, 2.75) is 0 Å². The van der Waals surface area contributed by atoms with E-state index >= 15 is 0 Å². The number of ether oxygens (including phenoxy) is 3. The van der Waals surface area contributed by atoms with Crippen LogP contribution >= 0.6 is 0 Å². The van der Waals surface area contributed by atoms with Gasteiger partial charge in [-0.2, -0.15) is 0 Å². The third-order valence-corrected chi connectivity index (χ3v) is 5.89. The Bertz CT molecular complexity index is 1620. The molecule has 0 saturated heterocycles. The highest BCUT2D eigenvalue weighted by Crippen LogP contribution is 2.33. The van der Waals surface area contributed by atoms with Crippen LogP contribution in [0.15, 0.2) is 91.1 Å². The Kier molecular flexibility index (Phi) is 7.40. The molecule has 5 aromatic rings. The molecule has 0 aliphatic heterocycles. The number of hydrogen-bond donors (Lipinski definition) is 1. The first-order valence-corrected chi connectivity index (χ1v) is 12.0. The van der Waals surface area contributed by atoms with Crippen LogP contribution in [0.25, 0.3) is 33.5 Å². The maximum Gasteiger partial charge on any atom is 0.338 e. The van der Waals surface area contributed by atoms with Crippen LogP contribution in [0.3, 0.4) is 0 Å². The van der Waals surface area contributed by atoms with E-state index in [1.54, 1.807) is 56.8 Å². The van der Waals surface area contributed by atoms with Crippen molar-refractivity contribution in [2.24, 2.45) is 0 Å². The summed E-state index contributed by atoms with van der Waals surface area (Å²) in [4.78, 5) is 38.7. The van der Waals surface area contributed by atoms with Crippen molar-refractivity contribution >= 4 is 28.7 Å². The van der Waals surface area contributed by atoms with E-state index < -0.39 is 18.5 Å². The maximum atomic E-state index is 12.7. The Labute approximate surface area is 224 Å². The van der Waals surface area contributed by atoms with Gasteiger partial charge in [0.2, 0.25) is 0 Å². The molecule has 9 nitrogen and oxygen atoms in total. The van der Waals surface area contributed by atoms with Crippen molar-refractivity contribution in [2.75, 3.05) is 26.1 Å². The van der Waals surface area contributed by atoms with Crippen LogP contribution in [-0.2, 0) is 9.53 Å². The summed E-state index contributed by atoms with van der Waals surface area (Å²) in [6.45, 7) is -0.452. The first kappa shape index (κ1) is 25.3. The van der Waals surface area contributed by atoms with Crippen LogP contribution in [-0.4, -0.2) is 47.7 Å². The van der Waals surface area contributed by atoms with Gasteiger partial charge in [0.05, 0.1) is 42.2 Å². The van der Waals surface area contributed by atoms with Crippen molar-refractivity contribution in [3.63, 3.8) is 0 Å². The lowest BCUT2D eigenvalue weighted by Gasteiger charge is -2.12. The average Bonchev–Trinajstić information content (AvgIpc) is 2.99. The second kappa shape index (κ2) is 11.4. The molecule has 9 heteroatoms. The summed E-state index contributed by atoms with van der Waals surface area (Å²) in [5.74, 6) is 0.679. The molecular formula is C30H24N4O5. The normalized spacial score (nSPS) is 10.6. The van der Waals surface area contributed by atoms with Gasteiger partial charge < -0.3 is 19.5 Å². The Morgan fingerprint density at radius 2 is 1.36 bits per heavy atom. The van der Waals surface area contributed by atoms with E-state index in [4.69, 9.17) is 24.2 Å². The van der Waals surface area contributed by atoms with Gasteiger partial charge in [-0.15, -0.1) is 0 Å². The number of rotatable bonds is 8. The Hall–Kier alpha value is -5.31. The first-order chi connectivity index (χ1) is 19.0. The molecule has 1 amide bonds. The molecular weight excluding hydrogens is 496 g/mol. The number of carbonyl (C=O) groups is 2. The number of benzene rings is 3. The number of nitrogens with zero attached hydrogens (tertiary/aromatic N) is 3. The van der Waals surface area contributed by atoms with Gasteiger partial charge in [0.15, 0.2) is 6.61 Å². The van der Waals surface area contributed by atoms with Crippen LogP contribution in [0.4, 0.5) is 5.82 Å². The fraction of sp³-hybridized carbons (Fsp3) is 0.100. The number of amides is 1. The lowest BCUT2D eigenvalue weighted by Crippen LogP contribution is -2.21. The fourth-order valence-electron chi connectivity index (χ4n) is 3.91. The summed E-state index contributed by atoms with van der Waals surface area (Å²) in [5, 5.41) is 2.57. The standard InChI is InChI=1S/C30H24N4O5/c1-37-22-11-6-19(7-12-22)28-29(20-8-13-23(38-2)14-9-20)33-25-17-21(10-15-24(25)32-28)30(36)39-18-27(35)34-26-5-3-4-16-31-26/h3-17H,18H2,1-2H3,(H,31,34,35). The molecule has 0 unspecified atom stereocenters. The molecule has 2 heterocycles. The number of esters is 1. The average molecular weight is 521 g/mol. The van der Waals surface area contributed by atoms with Gasteiger partial charge >= 0.3 is 5.97 Å². The molecule has 5 rings (SSSR count). The van der Waals surface area contributed by atoms with Crippen molar-refractivity contribution < 1.29 is 23.8 Å². The first-order valence-electron chi connectivity index (χ1n) is 12.0. The van der Waals surface area contributed by atoms with E-state index in [0.717, 1.165) is 22.6 Å². The maximum absolute atomic E-state index is 12.7. The molecule has 0 aliphatic carbocycles. The summed E-state index contributed by atoms with van der Waals surface area (Å²) in [7, 11) is 3.22. The number of methoxy groups -OCH3 is 2. The molecule has 0 radical (unpaired) electrons. The Balaban J connectivity index is 1.45. The highest BCUT2D eigenvalue weighted by Gasteiger charge is 2.17. The third kappa shape index (κ3) is 5.83.